The van der Waals surface area contributed by atoms with E-state index in [1.807, 2.05) is 0 Å². The summed E-state index contributed by atoms with van der Waals surface area (Å²) in [5, 5.41) is 3.48. The normalized spacial score (nSPS) is 24.4. The maximum atomic E-state index is 12.4. The predicted octanol–water partition coefficient (Wildman–Crippen LogP) is 2.06. The minimum atomic E-state index is -3.01. The molecule has 0 spiro atoms. The quantitative estimate of drug-likeness (QED) is 0.792. The number of anilines is 1. The molecule has 6 nitrogen and oxygen atoms in total. The zero-order valence-electron chi connectivity index (χ0n) is 12.7. The first-order valence-corrected chi connectivity index (χ1v) is 10.3. The summed E-state index contributed by atoms with van der Waals surface area (Å²) in [6.45, 7) is 2.02. The van der Waals surface area contributed by atoms with E-state index in [2.05, 4.69) is 10.3 Å². The van der Waals surface area contributed by atoms with Crippen molar-refractivity contribution < 1.29 is 13.2 Å². The Labute approximate surface area is 134 Å². The molecule has 8 heteroatoms. The van der Waals surface area contributed by atoms with Crippen molar-refractivity contribution in [2.75, 3.05) is 23.4 Å². The number of sulfone groups is 1. The third-order valence-corrected chi connectivity index (χ3v) is 7.11. The molecule has 3 rings (SSSR count). The lowest BCUT2D eigenvalue weighted by Crippen LogP contribution is -2.51. The standard InChI is InChI=1S/C14H21N3O3S2/c1-10-9-22(19,20)8-7-17(10)14(18)16-13-15-11-5-3-2-4-6-12(11)21-13/h10H,2-9H2,1H3,(H,15,16,18). The Bertz CT molecular complexity index is 645. The minimum Gasteiger partial charge on any atom is -0.320 e. The first kappa shape index (κ1) is 15.7. The Balaban J connectivity index is 1.67. The van der Waals surface area contributed by atoms with Gasteiger partial charge in [-0.1, -0.05) is 6.42 Å². The highest BCUT2D eigenvalue weighted by atomic mass is 32.2. The first-order chi connectivity index (χ1) is 10.4. The lowest BCUT2D eigenvalue weighted by Gasteiger charge is -2.32. The zero-order chi connectivity index (χ0) is 15.7. The number of rotatable bonds is 1. The Morgan fingerprint density at radius 1 is 1.32 bits per heavy atom. The van der Waals surface area contributed by atoms with Gasteiger partial charge < -0.3 is 4.90 Å². The lowest BCUT2D eigenvalue weighted by atomic mass is 10.2. The number of carbonyl (C=O) groups is 1. The van der Waals surface area contributed by atoms with E-state index >= 15 is 0 Å². The van der Waals surface area contributed by atoms with Crippen LogP contribution < -0.4 is 5.32 Å². The topological polar surface area (TPSA) is 79.4 Å². The van der Waals surface area contributed by atoms with Gasteiger partial charge in [0.1, 0.15) is 0 Å². The fourth-order valence-electron chi connectivity index (χ4n) is 3.05. The second kappa shape index (κ2) is 6.16. The van der Waals surface area contributed by atoms with Crippen LogP contribution in [-0.4, -0.2) is 48.4 Å². The van der Waals surface area contributed by atoms with Gasteiger partial charge >= 0.3 is 6.03 Å². The molecule has 2 amide bonds. The number of amides is 2. The number of aromatic nitrogens is 1. The summed E-state index contributed by atoms with van der Waals surface area (Å²) >= 11 is 1.55. The van der Waals surface area contributed by atoms with Gasteiger partial charge in [-0.3, -0.25) is 5.32 Å². The summed E-state index contributed by atoms with van der Waals surface area (Å²) in [7, 11) is -3.01. The molecule has 22 heavy (non-hydrogen) atoms. The first-order valence-electron chi connectivity index (χ1n) is 7.71. The van der Waals surface area contributed by atoms with E-state index in [1.165, 1.54) is 17.7 Å². The van der Waals surface area contributed by atoms with E-state index in [1.54, 1.807) is 23.2 Å². The van der Waals surface area contributed by atoms with Gasteiger partial charge in [0.05, 0.1) is 17.2 Å². The van der Waals surface area contributed by atoms with Crippen LogP contribution in [-0.2, 0) is 22.7 Å². The molecule has 0 bridgehead atoms. The van der Waals surface area contributed by atoms with E-state index in [-0.39, 0.29) is 30.1 Å². The third kappa shape index (κ3) is 3.43. The SMILES string of the molecule is CC1CS(=O)(=O)CCN1C(=O)Nc1nc2c(s1)CCCCC2. The molecule has 0 radical (unpaired) electrons. The van der Waals surface area contributed by atoms with E-state index in [9.17, 15) is 13.2 Å². The molecule has 1 aliphatic carbocycles. The number of aryl methyl sites for hydroxylation is 2. The summed E-state index contributed by atoms with van der Waals surface area (Å²) in [4.78, 5) is 19.8. The van der Waals surface area contributed by atoms with Crippen LogP contribution in [0.4, 0.5) is 9.93 Å². The lowest BCUT2D eigenvalue weighted by molar-refractivity contribution is 0.199. The highest BCUT2D eigenvalue weighted by molar-refractivity contribution is 7.91. The average molecular weight is 343 g/mol. The summed E-state index contributed by atoms with van der Waals surface area (Å²) in [5.74, 6) is 0.0773. The number of hydrogen-bond acceptors (Lipinski definition) is 5. The molecule has 0 saturated carbocycles. The smallest absolute Gasteiger partial charge is 0.320 e. The molecule has 1 aliphatic heterocycles. The van der Waals surface area contributed by atoms with Gasteiger partial charge in [0.2, 0.25) is 0 Å². The van der Waals surface area contributed by atoms with E-state index in [0.29, 0.717) is 5.13 Å². The van der Waals surface area contributed by atoms with Crippen molar-refractivity contribution in [2.45, 2.75) is 45.1 Å². The van der Waals surface area contributed by atoms with Gasteiger partial charge in [-0.2, -0.15) is 0 Å². The maximum Gasteiger partial charge on any atom is 0.323 e. The van der Waals surface area contributed by atoms with Gasteiger partial charge in [-0.25, -0.2) is 18.2 Å². The highest BCUT2D eigenvalue weighted by Gasteiger charge is 2.31. The number of fused-ring (bicyclic) bond motifs is 1. The number of thiazole rings is 1. The van der Waals surface area contributed by atoms with Crippen LogP contribution in [0.1, 0.15) is 36.8 Å². The van der Waals surface area contributed by atoms with Crippen molar-refractivity contribution in [1.82, 2.24) is 9.88 Å². The van der Waals surface area contributed by atoms with Crippen LogP contribution in [0.2, 0.25) is 0 Å². The van der Waals surface area contributed by atoms with Crippen LogP contribution in [0, 0.1) is 0 Å². The molecule has 1 aromatic rings. The molecule has 2 aliphatic rings. The van der Waals surface area contributed by atoms with Crippen LogP contribution in [0.25, 0.3) is 0 Å². The van der Waals surface area contributed by atoms with Gasteiger partial charge in [-0.05, 0) is 32.6 Å². The van der Waals surface area contributed by atoms with Crippen molar-refractivity contribution in [3.63, 3.8) is 0 Å². The second-order valence-electron chi connectivity index (χ2n) is 6.04. The molecule has 122 valence electrons. The van der Waals surface area contributed by atoms with Crippen LogP contribution in [0.3, 0.4) is 0 Å². The monoisotopic (exact) mass is 343 g/mol. The van der Waals surface area contributed by atoms with Crippen molar-refractivity contribution in [2.24, 2.45) is 0 Å². The summed E-state index contributed by atoms with van der Waals surface area (Å²) in [6.07, 6.45) is 5.61. The molecule has 0 aromatic carbocycles. The minimum absolute atomic E-state index is 0.0365. The van der Waals surface area contributed by atoms with Gasteiger partial charge in [0.25, 0.3) is 0 Å². The van der Waals surface area contributed by atoms with Gasteiger partial charge in [0, 0.05) is 17.5 Å². The van der Waals surface area contributed by atoms with Crippen molar-refractivity contribution in [3.8, 4) is 0 Å². The fourth-order valence-corrected chi connectivity index (χ4v) is 5.64. The van der Waals surface area contributed by atoms with E-state index in [0.717, 1.165) is 25.0 Å². The third-order valence-electron chi connectivity index (χ3n) is 4.24. The Hall–Kier alpha value is -1.15. The van der Waals surface area contributed by atoms with Crippen molar-refractivity contribution >= 4 is 32.3 Å². The Morgan fingerprint density at radius 3 is 2.86 bits per heavy atom. The summed E-state index contributed by atoms with van der Waals surface area (Å²) in [6, 6.07) is -0.539. The molecule has 1 saturated heterocycles. The van der Waals surface area contributed by atoms with Crippen LogP contribution in [0.5, 0.6) is 0 Å². The molecular weight excluding hydrogens is 322 g/mol. The molecule has 2 heterocycles. The highest BCUT2D eigenvalue weighted by Crippen LogP contribution is 2.29. The molecule has 1 fully saturated rings. The Kier molecular flexibility index (Phi) is 4.40. The molecule has 1 aromatic heterocycles. The zero-order valence-corrected chi connectivity index (χ0v) is 14.3. The number of urea groups is 1. The van der Waals surface area contributed by atoms with Crippen LogP contribution in [0.15, 0.2) is 0 Å². The largest absolute Gasteiger partial charge is 0.323 e. The average Bonchev–Trinajstić information content (AvgIpc) is 2.66. The number of hydrogen-bond donors (Lipinski definition) is 1. The van der Waals surface area contributed by atoms with E-state index < -0.39 is 9.84 Å². The Morgan fingerprint density at radius 2 is 2.09 bits per heavy atom. The molecule has 1 N–H and O–H groups in total. The fraction of sp³-hybridized carbons (Fsp3) is 0.714. The molecule has 1 unspecified atom stereocenters. The van der Waals surface area contributed by atoms with Gasteiger partial charge in [0.15, 0.2) is 15.0 Å². The summed E-state index contributed by atoms with van der Waals surface area (Å²) in [5.41, 5.74) is 1.12. The molecular formula is C14H21N3O3S2. The number of carbonyl (C=O) groups excluding carboxylic acids is 1. The van der Waals surface area contributed by atoms with Gasteiger partial charge in [-0.15, -0.1) is 11.3 Å². The van der Waals surface area contributed by atoms with Crippen LogP contribution >= 0.6 is 11.3 Å². The van der Waals surface area contributed by atoms with Crippen molar-refractivity contribution in [3.05, 3.63) is 10.6 Å². The number of nitrogens with one attached hydrogen (secondary N) is 1. The maximum absolute atomic E-state index is 12.4. The van der Waals surface area contributed by atoms with Crippen molar-refractivity contribution in [1.29, 1.82) is 0 Å². The second-order valence-corrected chi connectivity index (χ2v) is 9.35. The number of nitrogens with zero attached hydrogens (tertiary/aromatic N) is 2. The van der Waals surface area contributed by atoms with E-state index in [4.69, 9.17) is 0 Å². The summed E-state index contributed by atoms with van der Waals surface area (Å²) < 4.78 is 23.2. The molecule has 1 atom stereocenters. The predicted molar refractivity (Wildman–Crippen MR) is 87.2 cm³/mol.